The molecule has 0 heterocycles. The van der Waals surface area contributed by atoms with Gasteiger partial charge in [-0.15, -0.1) is 0 Å². The van der Waals surface area contributed by atoms with E-state index in [4.69, 9.17) is 9.05 Å². The Balaban J connectivity index is 4.50. The molecule has 0 rings (SSSR count). The fraction of sp³-hybridized carbons (Fsp3) is 0.837. The largest absolute Gasteiger partial charge is 0.472 e. The van der Waals surface area contributed by atoms with Crippen molar-refractivity contribution in [1.82, 2.24) is 5.32 Å². The monoisotopic (exact) mass is 756 g/mol. The zero-order valence-corrected chi connectivity index (χ0v) is 35.4. The Kier molecular flexibility index (Phi) is 34.6. The molecule has 0 bridgehead atoms. The van der Waals surface area contributed by atoms with E-state index in [0.717, 1.165) is 44.9 Å². The van der Waals surface area contributed by atoms with Gasteiger partial charge in [0.25, 0.3) is 0 Å². The van der Waals surface area contributed by atoms with Gasteiger partial charge in [0.15, 0.2) is 0 Å². The van der Waals surface area contributed by atoms with Crippen molar-refractivity contribution in [3.8, 4) is 0 Å². The number of quaternary nitrogens is 1. The molecule has 0 aromatic rings. The van der Waals surface area contributed by atoms with Gasteiger partial charge in [0, 0.05) is 6.42 Å². The summed E-state index contributed by atoms with van der Waals surface area (Å²) in [6.45, 7) is 4.76. The number of unbranched alkanes of at least 4 members (excludes halogenated alkanes) is 21. The normalized spacial score (nSPS) is 14.8. The Bertz CT molecular complexity index is 948. The summed E-state index contributed by atoms with van der Waals surface area (Å²) >= 11 is 0. The molecule has 3 unspecified atom stereocenters. The fourth-order valence-corrected chi connectivity index (χ4v) is 6.63. The number of allylic oxidation sites excluding steroid dienone is 5. The van der Waals surface area contributed by atoms with Gasteiger partial charge in [-0.3, -0.25) is 13.8 Å². The number of carbonyl (C=O) groups is 1. The number of nitrogens with one attached hydrogen (secondary N) is 1. The van der Waals surface area contributed by atoms with Gasteiger partial charge in [-0.25, -0.2) is 4.57 Å². The van der Waals surface area contributed by atoms with Crippen LogP contribution in [0.4, 0.5) is 0 Å². The predicted molar refractivity (Wildman–Crippen MR) is 221 cm³/mol. The van der Waals surface area contributed by atoms with Crippen LogP contribution < -0.4 is 5.32 Å². The molecular weight excluding hydrogens is 671 g/mol. The van der Waals surface area contributed by atoms with E-state index < -0.39 is 20.0 Å². The lowest BCUT2D eigenvalue weighted by Crippen LogP contribution is -2.45. The molecule has 306 valence electrons. The number of rotatable bonds is 38. The Morgan fingerprint density at radius 1 is 0.635 bits per heavy atom. The highest BCUT2D eigenvalue weighted by atomic mass is 31.2. The molecule has 3 N–H and O–H groups in total. The van der Waals surface area contributed by atoms with Crippen molar-refractivity contribution in [3.05, 3.63) is 36.5 Å². The minimum absolute atomic E-state index is 0.0544. The van der Waals surface area contributed by atoms with Crippen LogP contribution in [-0.4, -0.2) is 73.4 Å². The lowest BCUT2D eigenvalue weighted by atomic mass is 10.0. The molecule has 0 aliphatic heterocycles. The highest BCUT2D eigenvalue weighted by Crippen LogP contribution is 2.43. The predicted octanol–water partition coefficient (Wildman–Crippen LogP) is 11.5. The number of phosphoric acid groups is 1. The molecule has 0 aromatic heterocycles. The molecular formula is C43H84N2O6P+. The molecule has 3 atom stereocenters. The van der Waals surface area contributed by atoms with Gasteiger partial charge in [-0.2, -0.15) is 0 Å². The standard InChI is InChI=1S/C43H83N2O6P/c1-6-8-10-12-14-16-18-20-22-23-25-27-29-31-33-35-37-43(47)44-41(40-51-52(48,49)50-39-38-45(3,4)5)42(46)36-34-32-30-28-26-24-21-19-17-15-13-11-9-7-2/h17,19,26,28,34,36,41-42,46H,6-16,18,20-25,27,29-33,35,37-40H2,1-5H3,(H-,44,47,48,49)/p+1/b19-17+,28-26+,36-34+. The van der Waals surface area contributed by atoms with E-state index in [2.05, 4.69) is 43.5 Å². The number of aliphatic hydroxyl groups excluding tert-OH is 1. The Hall–Kier alpha value is -1.28. The topological polar surface area (TPSA) is 105 Å². The summed E-state index contributed by atoms with van der Waals surface area (Å²) < 4.78 is 23.5. The average molecular weight is 756 g/mol. The highest BCUT2D eigenvalue weighted by Gasteiger charge is 2.27. The SMILES string of the molecule is CCCCCC/C=C/CC/C=C/CC/C=C/C(O)C(COP(=O)(O)OCC[N+](C)(C)C)NC(=O)CCCCCCCCCCCCCCCCCC. The van der Waals surface area contributed by atoms with Crippen molar-refractivity contribution in [1.29, 1.82) is 0 Å². The summed E-state index contributed by atoms with van der Waals surface area (Å²) in [5, 5.41) is 13.8. The molecule has 0 fully saturated rings. The van der Waals surface area contributed by atoms with Gasteiger partial charge < -0.3 is 19.8 Å². The minimum atomic E-state index is -4.34. The van der Waals surface area contributed by atoms with E-state index in [0.29, 0.717) is 17.4 Å². The molecule has 0 aliphatic rings. The third-order valence-corrected chi connectivity index (χ3v) is 10.3. The second-order valence-electron chi connectivity index (χ2n) is 15.7. The number of hydrogen-bond donors (Lipinski definition) is 3. The Morgan fingerprint density at radius 2 is 1.06 bits per heavy atom. The quantitative estimate of drug-likeness (QED) is 0.0251. The van der Waals surface area contributed by atoms with E-state index in [9.17, 15) is 19.4 Å². The van der Waals surface area contributed by atoms with Crippen LogP contribution in [0.1, 0.15) is 181 Å². The molecule has 1 amide bonds. The lowest BCUT2D eigenvalue weighted by Gasteiger charge is -2.25. The van der Waals surface area contributed by atoms with Gasteiger partial charge in [0.1, 0.15) is 13.2 Å². The van der Waals surface area contributed by atoms with E-state index >= 15 is 0 Å². The number of phosphoric ester groups is 1. The van der Waals surface area contributed by atoms with Crippen molar-refractivity contribution in [2.24, 2.45) is 0 Å². The number of amides is 1. The minimum Gasteiger partial charge on any atom is -0.387 e. The van der Waals surface area contributed by atoms with Crippen molar-refractivity contribution in [2.75, 3.05) is 40.9 Å². The van der Waals surface area contributed by atoms with Gasteiger partial charge >= 0.3 is 7.82 Å². The maximum Gasteiger partial charge on any atom is 0.472 e. The third kappa shape index (κ3) is 37.1. The molecule has 0 saturated carbocycles. The maximum absolute atomic E-state index is 12.8. The molecule has 0 radical (unpaired) electrons. The smallest absolute Gasteiger partial charge is 0.387 e. The van der Waals surface area contributed by atoms with Crippen LogP contribution in [0.2, 0.25) is 0 Å². The molecule has 0 aliphatic carbocycles. The molecule has 52 heavy (non-hydrogen) atoms. The summed E-state index contributed by atoms with van der Waals surface area (Å²) in [5.41, 5.74) is 0. The number of likely N-dealkylation sites (N-methyl/N-ethyl adjacent to an activating group) is 1. The number of hydrogen-bond acceptors (Lipinski definition) is 5. The zero-order valence-electron chi connectivity index (χ0n) is 34.5. The van der Waals surface area contributed by atoms with Gasteiger partial charge in [-0.05, 0) is 44.9 Å². The first kappa shape index (κ1) is 50.7. The van der Waals surface area contributed by atoms with Crippen LogP contribution in [0, 0.1) is 0 Å². The lowest BCUT2D eigenvalue weighted by molar-refractivity contribution is -0.870. The van der Waals surface area contributed by atoms with Crippen LogP contribution in [0.3, 0.4) is 0 Å². The summed E-state index contributed by atoms with van der Waals surface area (Å²) in [6, 6.07) is -0.864. The molecule has 0 spiro atoms. The first-order valence-electron chi connectivity index (χ1n) is 21.4. The molecule has 0 saturated heterocycles. The Labute approximate surface area is 321 Å². The van der Waals surface area contributed by atoms with Crippen LogP contribution in [0.25, 0.3) is 0 Å². The van der Waals surface area contributed by atoms with E-state index in [1.165, 1.54) is 116 Å². The van der Waals surface area contributed by atoms with Crippen LogP contribution in [0.15, 0.2) is 36.5 Å². The number of carbonyl (C=O) groups excluding carboxylic acids is 1. The fourth-order valence-electron chi connectivity index (χ4n) is 5.90. The third-order valence-electron chi connectivity index (χ3n) is 9.34. The second-order valence-corrected chi connectivity index (χ2v) is 17.2. The van der Waals surface area contributed by atoms with Crippen LogP contribution in [0.5, 0.6) is 0 Å². The van der Waals surface area contributed by atoms with E-state index in [1.807, 2.05) is 27.2 Å². The molecule has 8 nitrogen and oxygen atoms in total. The summed E-state index contributed by atoms with van der Waals surface area (Å²) in [7, 11) is 1.55. The molecule has 9 heteroatoms. The van der Waals surface area contributed by atoms with E-state index in [-0.39, 0.29) is 19.1 Å². The molecule has 0 aromatic carbocycles. The van der Waals surface area contributed by atoms with Gasteiger partial charge in [-0.1, -0.05) is 166 Å². The van der Waals surface area contributed by atoms with Crippen LogP contribution in [-0.2, 0) is 18.4 Å². The first-order chi connectivity index (χ1) is 25.0. The van der Waals surface area contributed by atoms with E-state index in [1.54, 1.807) is 6.08 Å². The Morgan fingerprint density at radius 3 is 1.54 bits per heavy atom. The summed E-state index contributed by atoms with van der Waals surface area (Å²) in [6.07, 6.45) is 42.1. The van der Waals surface area contributed by atoms with Crippen molar-refractivity contribution in [3.63, 3.8) is 0 Å². The average Bonchev–Trinajstić information content (AvgIpc) is 3.09. The number of aliphatic hydroxyl groups is 1. The summed E-state index contributed by atoms with van der Waals surface area (Å²) in [5.74, 6) is -0.192. The van der Waals surface area contributed by atoms with Gasteiger partial charge in [0.05, 0.1) is 39.9 Å². The first-order valence-corrected chi connectivity index (χ1v) is 22.9. The second kappa shape index (κ2) is 35.4. The number of nitrogens with zero attached hydrogens (tertiary/aromatic N) is 1. The van der Waals surface area contributed by atoms with Crippen LogP contribution >= 0.6 is 7.82 Å². The maximum atomic E-state index is 12.8. The van der Waals surface area contributed by atoms with Crippen molar-refractivity contribution in [2.45, 2.75) is 193 Å². The summed E-state index contributed by atoms with van der Waals surface area (Å²) in [4.78, 5) is 23.1. The zero-order chi connectivity index (χ0) is 38.6. The highest BCUT2D eigenvalue weighted by molar-refractivity contribution is 7.47. The van der Waals surface area contributed by atoms with Crippen molar-refractivity contribution >= 4 is 13.7 Å². The van der Waals surface area contributed by atoms with Gasteiger partial charge in [0.2, 0.25) is 5.91 Å². The van der Waals surface area contributed by atoms with Crippen molar-refractivity contribution < 1.29 is 32.9 Å².